The Hall–Kier alpha value is -2.55. The van der Waals surface area contributed by atoms with Gasteiger partial charge in [-0.05, 0) is 18.2 Å². The maximum atomic E-state index is 12.6. The third kappa shape index (κ3) is 1.63. The fourth-order valence-electron chi connectivity index (χ4n) is 2.65. The van der Waals surface area contributed by atoms with Crippen molar-refractivity contribution in [1.29, 1.82) is 0 Å². The maximum absolute atomic E-state index is 12.6. The second kappa shape index (κ2) is 4.23. The van der Waals surface area contributed by atoms with Crippen LogP contribution in [0.3, 0.4) is 0 Å². The standard InChI is InChI=1S/C17H12O3/c18-17(13-10-19-15-8-4-2-6-12(13)15)16-9-11-5-1-3-7-14(11)20-16/h1-9,13H,10H2. The van der Waals surface area contributed by atoms with Crippen molar-refractivity contribution in [2.24, 2.45) is 0 Å². The molecule has 3 nitrogen and oxygen atoms in total. The lowest BCUT2D eigenvalue weighted by Gasteiger charge is -2.04. The number of carbonyl (C=O) groups excluding carboxylic acids is 1. The molecular formula is C17H12O3. The largest absolute Gasteiger partial charge is 0.492 e. The third-order valence-corrected chi connectivity index (χ3v) is 3.68. The summed E-state index contributed by atoms with van der Waals surface area (Å²) in [6.07, 6.45) is 0. The Morgan fingerprint density at radius 1 is 1.05 bits per heavy atom. The molecule has 3 aromatic rings. The van der Waals surface area contributed by atoms with Crippen LogP contribution in [0, 0.1) is 0 Å². The van der Waals surface area contributed by atoms with Gasteiger partial charge in [0.15, 0.2) is 5.76 Å². The van der Waals surface area contributed by atoms with E-state index in [2.05, 4.69) is 0 Å². The molecule has 0 bridgehead atoms. The highest BCUT2D eigenvalue weighted by atomic mass is 16.5. The molecule has 0 N–H and O–H groups in total. The quantitative estimate of drug-likeness (QED) is 0.661. The number of ketones is 1. The third-order valence-electron chi connectivity index (χ3n) is 3.68. The maximum Gasteiger partial charge on any atom is 0.209 e. The van der Waals surface area contributed by atoms with Crippen LogP contribution in [0.1, 0.15) is 22.0 Å². The summed E-state index contributed by atoms with van der Waals surface area (Å²) in [6, 6.07) is 17.1. The number of ether oxygens (including phenoxy) is 1. The van der Waals surface area contributed by atoms with Crippen molar-refractivity contribution in [2.75, 3.05) is 6.61 Å². The number of benzene rings is 2. The van der Waals surface area contributed by atoms with E-state index in [0.29, 0.717) is 12.4 Å². The van der Waals surface area contributed by atoms with Gasteiger partial charge in [0, 0.05) is 10.9 Å². The molecule has 0 radical (unpaired) electrons. The fraction of sp³-hybridized carbons (Fsp3) is 0.118. The number of hydrogen-bond acceptors (Lipinski definition) is 3. The van der Waals surface area contributed by atoms with Crippen molar-refractivity contribution in [2.45, 2.75) is 5.92 Å². The Labute approximate surface area is 115 Å². The van der Waals surface area contributed by atoms with Crippen LogP contribution in [-0.4, -0.2) is 12.4 Å². The van der Waals surface area contributed by atoms with E-state index in [0.717, 1.165) is 22.3 Å². The van der Waals surface area contributed by atoms with E-state index in [9.17, 15) is 4.79 Å². The van der Waals surface area contributed by atoms with Gasteiger partial charge in [0.2, 0.25) is 5.78 Å². The van der Waals surface area contributed by atoms with Gasteiger partial charge in [-0.15, -0.1) is 0 Å². The summed E-state index contributed by atoms with van der Waals surface area (Å²) in [5.41, 5.74) is 1.68. The summed E-state index contributed by atoms with van der Waals surface area (Å²) in [5, 5.41) is 0.947. The molecule has 1 atom stereocenters. The van der Waals surface area contributed by atoms with Crippen molar-refractivity contribution in [1.82, 2.24) is 0 Å². The van der Waals surface area contributed by atoms with Crippen LogP contribution in [0.5, 0.6) is 5.75 Å². The monoisotopic (exact) mass is 264 g/mol. The van der Waals surface area contributed by atoms with Crippen molar-refractivity contribution >= 4 is 16.8 Å². The van der Waals surface area contributed by atoms with Gasteiger partial charge in [-0.25, -0.2) is 0 Å². The molecule has 4 rings (SSSR count). The van der Waals surface area contributed by atoms with Gasteiger partial charge in [0.05, 0.1) is 5.92 Å². The molecule has 3 heteroatoms. The molecule has 0 spiro atoms. The first-order valence-electron chi connectivity index (χ1n) is 6.57. The van der Waals surface area contributed by atoms with Crippen molar-refractivity contribution in [3.8, 4) is 5.75 Å². The summed E-state index contributed by atoms with van der Waals surface area (Å²) in [5.74, 6) is 0.899. The second-order valence-electron chi connectivity index (χ2n) is 4.91. The lowest BCUT2D eigenvalue weighted by molar-refractivity contribution is 0.0922. The number of fused-ring (bicyclic) bond motifs is 2. The van der Waals surface area contributed by atoms with Crippen LogP contribution in [0.15, 0.2) is 59.0 Å². The Morgan fingerprint density at radius 2 is 1.85 bits per heavy atom. The van der Waals surface area contributed by atoms with Gasteiger partial charge in [0.1, 0.15) is 17.9 Å². The van der Waals surface area contributed by atoms with E-state index in [1.807, 2.05) is 48.5 Å². The Kier molecular flexibility index (Phi) is 2.39. The van der Waals surface area contributed by atoms with Crippen LogP contribution in [0.25, 0.3) is 11.0 Å². The molecule has 98 valence electrons. The minimum absolute atomic E-state index is 0.0221. The fourth-order valence-corrected chi connectivity index (χ4v) is 2.65. The molecular weight excluding hydrogens is 252 g/mol. The number of rotatable bonds is 2. The molecule has 0 fully saturated rings. The Morgan fingerprint density at radius 3 is 2.75 bits per heavy atom. The zero-order valence-electron chi connectivity index (χ0n) is 10.7. The van der Waals surface area contributed by atoms with E-state index < -0.39 is 0 Å². The van der Waals surface area contributed by atoms with Crippen molar-refractivity contribution in [3.05, 3.63) is 65.9 Å². The minimum Gasteiger partial charge on any atom is -0.492 e. The smallest absolute Gasteiger partial charge is 0.209 e. The summed E-state index contributed by atoms with van der Waals surface area (Å²) in [4.78, 5) is 12.6. The number of hydrogen-bond donors (Lipinski definition) is 0. The second-order valence-corrected chi connectivity index (χ2v) is 4.91. The highest BCUT2D eigenvalue weighted by molar-refractivity contribution is 6.02. The van der Waals surface area contributed by atoms with Crippen LogP contribution in [0.4, 0.5) is 0 Å². The van der Waals surface area contributed by atoms with Crippen LogP contribution in [0.2, 0.25) is 0 Å². The van der Waals surface area contributed by atoms with Gasteiger partial charge in [-0.3, -0.25) is 4.79 Å². The molecule has 2 aromatic carbocycles. The molecule has 0 amide bonds. The van der Waals surface area contributed by atoms with Crippen LogP contribution in [-0.2, 0) is 0 Å². The van der Waals surface area contributed by atoms with Crippen LogP contribution >= 0.6 is 0 Å². The zero-order chi connectivity index (χ0) is 13.5. The van der Waals surface area contributed by atoms with E-state index in [1.165, 1.54) is 0 Å². The normalized spacial score (nSPS) is 16.9. The van der Waals surface area contributed by atoms with E-state index in [1.54, 1.807) is 6.07 Å². The lowest BCUT2D eigenvalue weighted by atomic mass is 9.95. The van der Waals surface area contributed by atoms with Gasteiger partial charge in [-0.2, -0.15) is 0 Å². The summed E-state index contributed by atoms with van der Waals surface area (Å²) < 4.78 is 11.2. The molecule has 1 aromatic heterocycles. The van der Waals surface area contributed by atoms with Crippen molar-refractivity contribution < 1.29 is 13.9 Å². The van der Waals surface area contributed by atoms with Crippen molar-refractivity contribution in [3.63, 3.8) is 0 Å². The van der Waals surface area contributed by atoms with Gasteiger partial charge in [-0.1, -0.05) is 36.4 Å². The van der Waals surface area contributed by atoms with E-state index >= 15 is 0 Å². The predicted octanol–water partition coefficient (Wildman–Crippen LogP) is 3.79. The van der Waals surface area contributed by atoms with Crippen LogP contribution < -0.4 is 4.74 Å². The molecule has 0 saturated heterocycles. The number of Topliss-reactive ketones (excluding diaryl/α,β-unsaturated/α-hetero) is 1. The molecule has 20 heavy (non-hydrogen) atoms. The van der Waals surface area contributed by atoms with E-state index in [-0.39, 0.29) is 11.7 Å². The molecule has 2 heterocycles. The van der Waals surface area contributed by atoms with Gasteiger partial charge in [0.25, 0.3) is 0 Å². The molecule has 1 aliphatic heterocycles. The first-order chi connectivity index (χ1) is 9.83. The topological polar surface area (TPSA) is 39.4 Å². The van der Waals surface area contributed by atoms with Gasteiger partial charge >= 0.3 is 0 Å². The first-order valence-corrected chi connectivity index (χ1v) is 6.57. The summed E-state index contributed by atoms with van der Waals surface area (Å²) >= 11 is 0. The van der Waals surface area contributed by atoms with Gasteiger partial charge < -0.3 is 9.15 Å². The molecule has 1 unspecified atom stereocenters. The minimum atomic E-state index is -0.272. The molecule has 0 saturated carbocycles. The zero-order valence-corrected chi connectivity index (χ0v) is 10.7. The Bertz CT molecular complexity index is 768. The first kappa shape index (κ1) is 11.3. The number of para-hydroxylation sites is 2. The number of carbonyl (C=O) groups is 1. The average molecular weight is 264 g/mol. The molecule has 0 aliphatic carbocycles. The highest BCUT2D eigenvalue weighted by Crippen LogP contribution is 2.36. The van der Waals surface area contributed by atoms with E-state index in [4.69, 9.17) is 9.15 Å². The molecule has 1 aliphatic rings. The summed E-state index contributed by atoms with van der Waals surface area (Å²) in [6.45, 7) is 0.384. The highest BCUT2D eigenvalue weighted by Gasteiger charge is 2.32. The lowest BCUT2D eigenvalue weighted by Crippen LogP contribution is -2.13. The predicted molar refractivity (Wildman–Crippen MR) is 75.2 cm³/mol. The SMILES string of the molecule is O=C(c1cc2ccccc2o1)C1COc2ccccc21. The summed E-state index contributed by atoms with van der Waals surface area (Å²) in [7, 11) is 0. The average Bonchev–Trinajstić information content (AvgIpc) is 3.10. The Balaban J connectivity index is 1.74. The number of furan rings is 1.